The lowest BCUT2D eigenvalue weighted by atomic mass is 9.92. The summed E-state index contributed by atoms with van der Waals surface area (Å²) in [5.74, 6) is 0.193. The SMILES string of the molecule is CC(C)(C)c1cc(Cl)nc(-c2cccc(C(F)(F)F)c2)n1. The summed E-state index contributed by atoms with van der Waals surface area (Å²) in [6.45, 7) is 5.84. The van der Waals surface area contributed by atoms with Gasteiger partial charge in [0, 0.05) is 11.0 Å². The normalized spacial score (nSPS) is 12.5. The van der Waals surface area contributed by atoms with Crippen LogP contribution in [0.5, 0.6) is 0 Å². The van der Waals surface area contributed by atoms with E-state index in [1.54, 1.807) is 6.07 Å². The van der Waals surface area contributed by atoms with Crippen LogP contribution in [0.25, 0.3) is 11.4 Å². The van der Waals surface area contributed by atoms with Crippen molar-refractivity contribution in [1.29, 1.82) is 0 Å². The average Bonchev–Trinajstić information content (AvgIpc) is 2.36. The number of alkyl halides is 3. The van der Waals surface area contributed by atoms with Gasteiger partial charge < -0.3 is 0 Å². The zero-order valence-corrected chi connectivity index (χ0v) is 12.5. The molecule has 1 heterocycles. The molecule has 0 aliphatic rings. The van der Waals surface area contributed by atoms with Gasteiger partial charge in [-0.1, -0.05) is 44.5 Å². The van der Waals surface area contributed by atoms with Crippen LogP contribution < -0.4 is 0 Å². The van der Waals surface area contributed by atoms with E-state index in [1.807, 2.05) is 20.8 Å². The minimum atomic E-state index is -4.40. The highest BCUT2D eigenvalue weighted by Crippen LogP contribution is 2.32. The molecule has 21 heavy (non-hydrogen) atoms. The van der Waals surface area contributed by atoms with Crippen LogP contribution in [0, 0.1) is 0 Å². The summed E-state index contributed by atoms with van der Waals surface area (Å²) < 4.78 is 38.3. The maximum absolute atomic E-state index is 12.8. The maximum Gasteiger partial charge on any atom is 0.416 e. The second-order valence-corrected chi connectivity index (χ2v) is 6.12. The summed E-state index contributed by atoms with van der Waals surface area (Å²) in [5.41, 5.74) is -0.0446. The van der Waals surface area contributed by atoms with Crippen LogP contribution in [0.3, 0.4) is 0 Å². The molecule has 2 aromatic rings. The van der Waals surface area contributed by atoms with Gasteiger partial charge in [0.15, 0.2) is 5.82 Å². The number of hydrogen-bond donors (Lipinski definition) is 0. The molecule has 0 saturated heterocycles. The van der Waals surface area contributed by atoms with Crippen molar-refractivity contribution in [3.8, 4) is 11.4 Å². The molecule has 2 nitrogen and oxygen atoms in total. The van der Waals surface area contributed by atoms with Gasteiger partial charge in [-0.25, -0.2) is 9.97 Å². The van der Waals surface area contributed by atoms with Crippen molar-refractivity contribution in [3.63, 3.8) is 0 Å². The Morgan fingerprint density at radius 2 is 1.67 bits per heavy atom. The highest BCUT2D eigenvalue weighted by molar-refractivity contribution is 6.29. The van der Waals surface area contributed by atoms with Crippen molar-refractivity contribution in [3.05, 3.63) is 46.7 Å². The van der Waals surface area contributed by atoms with Crippen molar-refractivity contribution in [2.45, 2.75) is 32.4 Å². The first kappa shape index (κ1) is 15.8. The standard InChI is InChI=1S/C15H14ClF3N2/c1-14(2,3)11-8-12(16)21-13(20-11)9-5-4-6-10(7-9)15(17,18)19/h4-8H,1-3H3. The van der Waals surface area contributed by atoms with Crippen LogP contribution in [0.4, 0.5) is 13.2 Å². The van der Waals surface area contributed by atoms with Crippen molar-refractivity contribution in [1.82, 2.24) is 9.97 Å². The summed E-state index contributed by atoms with van der Waals surface area (Å²) in [4.78, 5) is 8.36. The van der Waals surface area contributed by atoms with Gasteiger partial charge in [-0.05, 0) is 18.2 Å². The van der Waals surface area contributed by atoms with E-state index in [1.165, 1.54) is 12.1 Å². The third-order valence-corrected chi connectivity index (χ3v) is 3.11. The smallest absolute Gasteiger partial charge is 0.232 e. The minimum Gasteiger partial charge on any atom is -0.232 e. The Kier molecular flexibility index (Phi) is 3.97. The monoisotopic (exact) mass is 314 g/mol. The molecule has 0 amide bonds. The fourth-order valence-corrected chi connectivity index (χ4v) is 1.95. The lowest BCUT2D eigenvalue weighted by molar-refractivity contribution is -0.137. The molecule has 0 fully saturated rings. The van der Waals surface area contributed by atoms with E-state index in [4.69, 9.17) is 11.6 Å². The van der Waals surface area contributed by atoms with Gasteiger partial charge in [0.05, 0.1) is 11.3 Å². The second kappa shape index (κ2) is 5.30. The van der Waals surface area contributed by atoms with Crippen LogP contribution in [-0.4, -0.2) is 9.97 Å². The summed E-state index contributed by atoms with van der Waals surface area (Å²) in [7, 11) is 0. The molecule has 0 bridgehead atoms. The van der Waals surface area contributed by atoms with E-state index in [0.717, 1.165) is 12.1 Å². The van der Waals surface area contributed by atoms with E-state index < -0.39 is 11.7 Å². The molecule has 6 heteroatoms. The van der Waals surface area contributed by atoms with Crippen LogP contribution in [0.2, 0.25) is 5.15 Å². The highest BCUT2D eigenvalue weighted by atomic mass is 35.5. The molecule has 0 radical (unpaired) electrons. The van der Waals surface area contributed by atoms with Crippen molar-refractivity contribution < 1.29 is 13.2 Å². The quantitative estimate of drug-likeness (QED) is 0.683. The first-order valence-electron chi connectivity index (χ1n) is 6.30. The number of hydrogen-bond acceptors (Lipinski definition) is 2. The number of halogens is 4. The molecule has 0 N–H and O–H groups in total. The van der Waals surface area contributed by atoms with Crippen molar-refractivity contribution in [2.75, 3.05) is 0 Å². The summed E-state index contributed by atoms with van der Waals surface area (Å²) in [6.07, 6.45) is -4.40. The molecule has 0 unspecified atom stereocenters. The van der Waals surface area contributed by atoms with Crippen molar-refractivity contribution in [2.24, 2.45) is 0 Å². The lowest BCUT2D eigenvalue weighted by Gasteiger charge is -2.18. The Bertz CT molecular complexity index is 661. The molecule has 2 rings (SSSR count). The Labute approximate surface area is 126 Å². The molecular formula is C15H14ClF3N2. The molecule has 0 spiro atoms. The lowest BCUT2D eigenvalue weighted by Crippen LogP contribution is -2.14. The Hall–Kier alpha value is -1.62. The van der Waals surface area contributed by atoms with E-state index in [9.17, 15) is 13.2 Å². The van der Waals surface area contributed by atoms with E-state index in [2.05, 4.69) is 9.97 Å². The van der Waals surface area contributed by atoms with Crippen LogP contribution in [0.15, 0.2) is 30.3 Å². The van der Waals surface area contributed by atoms with Gasteiger partial charge in [-0.15, -0.1) is 0 Å². The predicted octanol–water partition coefficient (Wildman–Crippen LogP) is 5.11. The van der Waals surface area contributed by atoms with E-state index in [0.29, 0.717) is 5.69 Å². The third-order valence-electron chi connectivity index (χ3n) is 2.91. The second-order valence-electron chi connectivity index (χ2n) is 5.73. The van der Waals surface area contributed by atoms with E-state index in [-0.39, 0.29) is 22.0 Å². The number of benzene rings is 1. The zero-order valence-electron chi connectivity index (χ0n) is 11.8. The molecular weight excluding hydrogens is 301 g/mol. The number of aromatic nitrogens is 2. The largest absolute Gasteiger partial charge is 0.416 e. The van der Waals surface area contributed by atoms with Gasteiger partial charge in [-0.3, -0.25) is 0 Å². The first-order chi connectivity index (χ1) is 9.57. The fraction of sp³-hybridized carbons (Fsp3) is 0.333. The molecule has 0 atom stereocenters. The van der Waals surface area contributed by atoms with E-state index >= 15 is 0 Å². The predicted molar refractivity (Wildman–Crippen MR) is 76.2 cm³/mol. The topological polar surface area (TPSA) is 25.8 Å². The minimum absolute atomic E-state index is 0.193. The summed E-state index contributed by atoms with van der Waals surface area (Å²) >= 11 is 5.96. The van der Waals surface area contributed by atoms with Crippen molar-refractivity contribution >= 4 is 11.6 Å². The number of rotatable bonds is 1. The van der Waals surface area contributed by atoms with Gasteiger partial charge in [0.1, 0.15) is 5.15 Å². The molecule has 112 valence electrons. The van der Waals surface area contributed by atoms with Gasteiger partial charge in [0.25, 0.3) is 0 Å². The Morgan fingerprint density at radius 3 is 2.24 bits per heavy atom. The maximum atomic E-state index is 12.8. The van der Waals surface area contributed by atoms with Gasteiger partial charge in [0.2, 0.25) is 0 Å². The Morgan fingerprint density at radius 1 is 1.00 bits per heavy atom. The van der Waals surface area contributed by atoms with Crippen LogP contribution in [-0.2, 0) is 11.6 Å². The summed E-state index contributed by atoms with van der Waals surface area (Å²) in [6, 6.07) is 6.53. The highest BCUT2D eigenvalue weighted by Gasteiger charge is 2.30. The van der Waals surface area contributed by atoms with Gasteiger partial charge in [-0.2, -0.15) is 13.2 Å². The van der Waals surface area contributed by atoms with Crippen LogP contribution >= 0.6 is 11.6 Å². The molecule has 0 saturated carbocycles. The number of nitrogens with zero attached hydrogens (tertiary/aromatic N) is 2. The summed E-state index contributed by atoms with van der Waals surface area (Å²) in [5, 5.41) is 0.210. The zero-order chi connectivity index (χ0) is 15.8. The Balaban J connectivity index is 2.55. The fourth-order valence-electron chi connectivity index (χ4n) is 1.77. The molecule has 0 aliphatic heterocycles. The van der Waals surface area contributed by atoms with Gasteiger partial charge >= 0.3 is 6.18 Å². The average molecular weight is 315 g/mol. The first-order valence-corrected chi connectivity index (χ1v) is 6.68. The molecule has 1 aromatic carbocycles. The molecule has 0 aliphatic carbocycles. The van der Waals surface area contributed by atoms with Crippen LogP contribution in [0.1, 0.15) is 32.0 Å². The third kappa shape index (κ3) is 3.73. The molecule has 1 aromatic heterocycles.